The van der Waals surface area contributed by atoms with Crippen LogP contribution in [-0.2, 0) is 12.8 Å². The van der Waals surface area contributed by atoms with Crippen LogP contribution in [0.3, 0.4) is 0 Å². The fraction of sp³-hybridized carbons (Fsp3) is 0.154. The van der Waals surface area contributed by atoms with Gasteiger partial charge < -0.3 is 20.3 Å². The quantitative estimate of drug-likeness (QED) is 0.350. The maximum atomic E-state index is 14.0. The van der Waals surface area contributed by atoms with E-state index in [2.05, 4.69) is 9.97 Å². The monoisotopic (exact) mass is 481 g/mol. The average molecular weight is 481 g/mol. The van der Waals surface area contributed by atoms with Crippen LogP contribution in [-0.4, -0.2) is 22.2 Å². The van der Waals surface area contributed by atoms with Gasteiger partial charge in [-0.1, -0.05) is 36.4 Å². The molecule has 3 aromatic carbocycles. The van der Waals surface area contributed by atoms with Crippen molar-refractivity contribution in [3.63, 3.8) is 0 Å². The largest absolute Gasteiger partial charge is 0.507 e. The molecule has 0 unspecified atom stereocenters. The molecule has 0 spiro atoms. The predicted molar refractivity (Wildman–Crippen MR) is 126 cm³/mol. The summed E-state index contributed by atoms with van der Waals surface area (Å²) in [7, 11) is 1.45. The number of aromatic hydroxyl groups is 1. The third kappa shape index (κ3) is 5.13. The van der Waals surface area contributed by atoms with Gasteiger partial charge in [-0.05, 0) is 47.9 Å². The van der Waals surface area contributed by atoms with Gasteiger partial charge in [0, 0.05) is 17.2 Å². The summed E-state index contributed by atoms with van der Waals surface area (Å²) in [5, 5.41) is 10.8. The van der Waals surface area contributed by atoms with Crippen LogP contribution in [0.5, 0.6) is 17.2 Å². The van der Waals surface area contributed by atoms with Gasteiger partial charge in [0.15, 0.2) is 5.69 Å². The predicted octanol–water partition coefficient (Wildman–Crippen LogP) is 6.01. The molecule has 1 aromatic heterocycles. The van der Waals surface area contributed by atoms with Crippen LogP contribution >= 0.6 is 0 Å². The molecule has 0 atom stereocenters. The number of benzene rings is 3. The number of hydrogen-bond donors (Lipinski definition) is 2. The van der Waals surface area contributed by atoms with Crippen molar-refractivity contribution in [1.82, 2.24) is 9.97 Å². The van der Waals surface area contributed by atoms with Crippen LogP contribution < -0.4 is 15.2 Å². The lowest BCUT2D eigenvalue weighted by molar-refractivity contribution is -0.140. The molecular formula is C26H22F3N3O3. The van der Waals surface area contributed by atoms with Gasteiger partial charge in [-0.3, -0.25) is 0 Å². The maximum absolute atomic E-state index is 14.0. The molecule has 4 aromatic rings. The van der Waals surface area contributed by atoms with Gasteiger partial charge in [-0.2, -0.15) is 13.2 Å². The number of anilines is 1. The van der Waals surface area contributed by atoms with Gasteiger partial charge in [0.05, 0.1) is 12.8 Å². The number of nitrogens with two attached hydrogens (primary N) is 1. The third-order valence-corrected chi connectivity index (χ3v) is 5.45. The first-order valence-corrected chi connectivity index (χ1v) is 10.6. The van der Waals surface area contributed by atoms with Gasteiger partial charge in [-0.15, -0.1) is 0 Å². The number of methoxy groups -OCH3 is 1. The number of phenols is 1. The van der Waals surface area contributed by atoms with Crippen LogP contribution in [0.2, 0.25) is 0 Å². The van der Waals surface area contributed by atoms with Crippen molar-refractivity contribution in [1.29, 1.82) is 0 Å². The third-order valence-electron chi connectivity index (χ3n) is 5.45. The SMILES string of the molecule is COc1ccc(-c2c(-c3ccc(OCc4ccccc4C)cc3O)nc(N)nc2C(F)(F)F)cc1. The molecule has 3 N–H and O–H groups in total. The normalized spacial score (nSPS) is 11.3. The number of nitrogen functional groups attached to an aromatic ring is 1. The maximum Gasteiger partial charge on any atom is 0.434 e. The summed E-state index contributed by atoms with van der Waals surface area (Å²) in [6.07, 6.45) is -4.81. The second-order valence-corrected chi connectivity index (χ2v) is 7.77. The number of nitrogens with zero attached hydrogens (tertiary/aromatic N) is 2. The molecule has 0 aliphatic heterocycles. The summed E-state index contributed by atoms with van der Waals surface area (Å²) in [6.45, 7) is 2.22. The number of aromatic nitrogens is 2. The molecule has 1 heterocycles. The molecule has 35 heavy (non-hydrogen) atoms. The Morgan fingerprint density at radius 3 is 2.26 bits per heavy atom. The van der Waals surface area contributed by atoms with Crippen molar-refractivity contribution in [2.45, 2.75) is 19.7 Å². The van der Waals surface area contributed by atoms with Gasteiger partial charge in [0.1, 0.15) is 23.9 Å². The Morgan fingerprint density at radius 1 is 0.943 bits per heavy atom. The first-order chi connectivity index (χ1) is 16.7. The lowest BCUT2D eigenvalue weighted by atomic mass is 9.96. The first kappa shape index (κ1) is 23.9. The van der Waals surface area contributed by atoms with Gasteiger partial charge >= 0.3 is 6.18 Å². The molecule has 0 aliphatic rings. The van der Waals surface area contributed by atoms with Gasteiger partial charge in [0.25, 0.3) is 0 Å². The van der Waals surface area contributed by atoms with Crippen LogP contribution in [0.25, 0.3) is 22.4 Å². The van der Waals surface area contributed by atoms with E-state index in [1.165, 1.54) is 43.5 Å². The summed E-state index contributed by atoms with van der Waals surface area (Å²) in [4.78, 5) is 7.54. The van der Waals surface area contributed by atoms with E-state index >= 15 is 0 Å². The number of aryl methyl sites for hydroxylation is 1. The van der Waals surface area contributed by atoms with Crippen molar-refractivity contribution in [3.05, 3.63) is 83.6 Å². The van der Waals surface area contributed by atoms with Crippen molar-refractivity contribution in [2.75, 3.05) is 12.8 Å². The van der Waals surface area contributed by atoms with E-state index in [4.69, 9.17) is 15.2 Å². The highest BCUT2D eigenvalue weighted by Gasteiger charge is 2.38. The number of halogens is 3. The van der Waals surface area contributed by atoms with Gasteiger partial charge in [-0.25, -0.2) is 9.97 Å². The highest BCUT2D eigenvalue weighted by atomic mass is 19.4. The lowest BCUT2D eigenvalue weighted by Gasteiger charge is -2.18. The minimum Gasteiger partial charge on any atom is -0.507 e. The molecule has 0 fully saturated rings. The van der Waals surface area contributed by atoms with Crippen molar-refractivity contribution >= 4 is 5.95 Å². The summed E-state index contributed by atoms with van der Waals surface area (Å²) in [5.74, 6) is -0.0612. The Kier molecular flexibility index (Phi) is 6.50. The fourth-order valence-electron chi connectivity index (χ4n) is 3.64. The first-order valence-electron chi connectivity index (χ1n) is 10.6. The smallest absolute Gasteiger partial charge is 0.434 e. The molecule has 0 saturated carbocycles. The molecule has 0 aliphatic carbocycles. The Hall–Kier alpha value is -4.27. The van der Waals surface area contributed by atoms with Crippen LogP contribution in [0, 0.1) is 6.92 Å². The van der Waals surface area contributed by atoms with Crippen LogP contribution in [0.1, 0.15) is 16.8 Å². The molecule has 4 rings (SSSR count). The number of hydrogen-bond acceptors (Lipinski definition) is 6. The summed E-state index contributed by atoms with van der Waals surface area (Å²) < 4.78 is 52.8. The van der Waals surface area contributed by atoms with E-state index in [0.717, 1.165) is 11.1 Å². The zero-order valence-corrected chi connectivity index (χ0v) is 18.9. The molecular weight excluding hydrogens is 459 g/mol. The highest BCUT2D eigenvalue weighted by molar-refractivity contribution is 5.86. The van der Waals surface area contributed by atoms with Crippen molar-refractivity contribution < 1.29 is 27.8 Å². The van der Waals surface area contributed by atoms with Crippen molar-refractivity contribution in [3.8, 4) is 39.6 Å². The zero-order chi connectivity index (χ0) is 25.2. The van der Waals surface area contributed by atoms with E-state index < -0.39 is 17.8 Å². The second kappa shape index (κ2) is 9.54. The van der Waals surface area contributed by atoms with E-state index in [0.29, 0.717) is 11.5 Å². The molecule has 9 heteroatoms. The van der Waals surface area contributed by atoms with Crippen LogP contribution in [0.4, 0.5) is 19.1 Å². The standard InChI is InChI=1S/C26H22F3N3O3/c1-15-5-3-4-6-17(15)14-35-19-11-12-20(21(33)13-19)23-22(16-7-9-18(34-2)10-8-16)24(26(27,28)29)32-25(30)31-23/h3-13,33H,14H2,1-2H3,(H2,30,31,32). The fourth-order valence-corrected chi connectivity index (χ4v) is 3.64. The second-order valence-electron chi connectivity index (χ2n) is 7.77. The molecule has 0 saturated heterocycles. The van der Waals surface area contributed by atoms with E-state index in [1.807, 2.05) is 31.2 Å². The summed E-state index contributed by atoms with van der Waals surface area (Å²) in [6, 6.07) is 18.0. The Balaban J connectivity index is 1.78. The van der Waals surface area contributed by atoms with E-state index in [1.54, 1.807) is 6.07 Å². The highest BCUT2D eigenvalue weighted by Crippen LogP contribution is 2.44. The Labute approximate surface area is 199 Å². The lowest BCUT2D eigenvalue weighted by Crippen LogP contribution is -2.14. The van der Waals surface area contributed by atoms with E-state index in [-0.39, 0.29) is 34.7 Å². The minimum absolute atomic E-state index is 0.0543. The Morgan fingerprint density at radius 2 is 1.63 bits per heavy atom. The zero-order valence-electron chi connectivity index (χ0n) is 18.9. The molecule has 180 valence electrons. The number of phenolic OH excluding ortho intramolecular Hbond substituents is 1. The van der Waals surface area contributed by atoms with E-state index in [9.17, 15) is 18.3 Å². The molecule has 6 nitrogen and oxygen atoms in total. The van der Waals surface area contributed by atoms with Crippen LogP contribution in [0.15, 0.2) is 66.7 Å². The van der Waals surface area contributed by atoms with Crippen molar-refractivity contribution in [2.24, 2.45) is 0 Å². The number of alkyl halides is 3. The molecule has 0 bridgehead atoms. The number of rotatable bonds is 6. The number of ether oxygens (including phenoxy) is 2. The average Bonchev–Trinajstić information content (AvgIpc) is 2.83. The van der Waals surface area contributed by atoms with Gasteiger partial charge in [0.2, 0.25) is 5.95 Å². The summed E-state index contributed by atoms with van der Waals surface area (Å²) >= 11 is 0. The Bertz CT molecular complexity index is 1360. The minimum atomic E-state index is -4.81. The molecule has 0 amide bonds. The summed E-state index contributed by atoms with van der Waals surface area (Å²) in [5.41, 5.74) is 6.24. The topological polar surface area (TPSA) is 90.5 Å². The molecule has 0 radical (unpaired) electrons.